The Bertz CT molecular complexity index is 283. The molecule has 1 N–H and O–H groups in total. The Hall–Kier alpha value is -1.06. The van der Waals surface area contributed by atoms with Crippen LogP contribution < -0.4 is 0 Å². The van der Waals surface area contributed by atoms with Crippen molar-refractivity contribution in [2.24, 2.45) is 0 Å². The van der Waals surface area contributed by atoms with E-state index in [4.69, 9.17) is 0 Å². The lowest BCUT2D eigenvalue weighted by atomic mass is 9.90. The van der Waals surface area contributed by atoms with Crippen molar-refractivity contribution in [2.75, 3.05) is 0 Å². The highest BCUT2D eigenvalue weighted by Gasteiger charge is 2.44. The van der Waals surface area contributed by atoms with Crippen molar-refractivity contribution in [3.63, 3.8) is 0 Å². The molecule has 1 heterocycles. The minimum absolute atomic E-state index is 0.00921. The van der Waals surface area contributed by atoms with Gasteiger partial charge in [-0.25, -0.2) is 0 Å². The van der Waals surface area contributed by atoms with Crippen LogP contribution in [-0.4, -0.2) is 38.7 Å². The molecule has 1 aliphatic carbocycles. The summed E-state index contributed by atoms with van der Waals surface area (Å²) in [5, 5.41) is 21.2. The van der Waals surface area contributed by atoms with Gasteiger partial charge in [0.2, 0.25) is 6.04 Å². The molecule has 0 aromatic heterocycles. The molecule has 0 aromatic carbocycles. The van der Waals surface area contributed by atoms with Crippen LogP contribution in [-0.2, 0) is 0 Å². The van der Waals surface area contributed by atoms with E-state index in [9.17, 15) is 10.4 Å². The Morgan fingerprint density at radius 3 is 2.69 bits per heavy atom. The van der Waals surface area contributed by atoms with E-state index in [1.54, 1.807) is 6.92 Å². The lowest BCUT2D eigenvalue weighted by molar-refractivity contribution is -0.819. The number of rotatable bonds is 0. The van der Waals surface area contributed by atoms with E-state index in [0.29, 0.717) is 5.71 Å². The van der Waals surface area contributed by atoms with Gasteiger partial charge < -0.3 is 5.21 Å². The molecule has 0 unspecified atom stereocenters. The Kier molecular flexibility index (Phi) is 1.98. The van der Waals surface area contributed by atoms with Gasteiger partial charge in [0.25, 0.3) is 18.0 Å². The SMILES string of the molecule is CC1=[N+]([O-])[C@H]2CCCC[C@@H]2[N+](O)=C1. The maximum atomic E-state index is 11.6. The zero-order valence-electron chi connectivity index (χ0n) is 7.81. The topological polar surface area (TPSA) is 49.3 Å². The molecule has 2 aliphatic rings. The third-order valence-corrected chi connectivity index (χ3v) is 3.00. The van der Waals surface area contributed by atoms with Gasteiger partial charge in [0, 0.05) is 19.8 Å². The predicted octanol–water partition coefficient (Wildman–Crippen LogP) is 0.755. The molecular weight excluding hydrogens is 168 g/mol. The quantitative estimate of drug-likeness (QED) is 0.342. The summed E-state index contributed by atoms with van der Waals surface area (Å²) < 4.78 is 2.27. The van der Waals surface area contributed by atoms with Crippen LogP contribution in [0.2, 0.25) is 0 Å². The van der Waals surface area contributed by atoms with Crippen LogP contribution in [0.5, 0.6) is 0 Å². The van der Waals surface area contributed by atoms with Crippen LogP contribution in [0, 0.1) is 5.21 Å². The second-order valence-corrected chi connectivity index (χ2v) is 3.90. The Labute approximate surface area is 77.4 Å². The fourth-order valence-corrected chi connectivity index (χ4v) is 2.28. The van der Waals surface area contributed by atoms with Gasteiger partial charge in [-0.1, -0.05) is 0 Å². The molecule has 72 valence electrons. The molecule has 1 fully saturated rings. The van der Waals surface area contributed by atoms with E-state index in [0.717, 1.165) is 30.4 Å². The standard InChI is InChI=1S/C9H15N2O2/c1-7-6-10(12)8-4-2-3-5-9(8)11(7)13/h6,8-9,12H,2-5H2,1H3/q+1/t8-,9-/m0/s1. The van der Waals surface area contributed by atoms with E-state index in [1.165, 1.54) is 11.0 Å². The zero-order chi connectivity index (χ0) is 9.42. The van der Waals surface area contributed by atoms with E-state index < -0.39 is 0 Å². The van der Waals surface area contributed by atoms with Crippen molar-refractivity contribution in [1.82, 2.24) is 0 Å². The molecule has 2 rings (SSSR count). The summed E-state index contributed by atoms with van der Waals surface area (Å²) in [6.45, 7) is 1.74. The molecule has 0 bridgehead atoms. The second-order valence-electron chi connectivity index (χ2n) is 3.90. The van der Waals surface area contributed by atoms with E-state index >= 15 is 0 Å². The van der Waals surface area contributed by atoms with Gasteiger partial charge in [-0.15, -0.1) is 0 Å². The van der Waals surface area contributed by atoms with Crippen LogP contribution in [0.25, 0.3) is 0 Å². The number of hydroxylamine groups is 2. The van der Waals surface area contributed by atoms with Gasteiger partial charge in [-0.05, 0) is 17.6 Å². The first-order valence-corrected chi connectivity index (χ1v) is 4.82. The molecule has 1 aliphatic heterocycles. The van der Waals surface area contributed by atoms with Crippen molar-refractivity contribution in [1.29, 1.82) is 0 Å². The third-order valence-electron chi connectivity index (χ3n) is 3.00. The summed E-state index contributed by atoms with van der Waals surface area (Å²) in [6, 6.07) is -0.0290. The first kappa shape index (κ1) is 8.53. The van der Waals surface area contributed by atoms with Crippen LogP contribution >= 0.6 is 0 Å². The average molecular weight is 183 g/mol. The van der Waals surface area contributed by atoms with Crippen LogP contribution in [0.1, 0.15) is 32.6 Å². The average Bonchev–Trinajstić information content (AvgIpc) is 2.15. The van der Waals surface area contributed by atoms with Gasteiger partial charge >= 0.3 is 0 Å². The van der Waals surface area contributed by atoms with Gasteiger partial charge in [0.1, 0.15) is 0 Å². The smallest absolute Gasteiger partial charge is 0.282 e. The summed E-state index contributed by atoms with van der Waals surface area (Å²) in [4.78, 5) is 0. The zero-order valence-corrected chi connectivity index (χ0v) is 7.81. The summed E-state index contributed by atoms with van der Waals surface area (Å²) in [5.41, 5.74) is 0.602. The summed E-state index contributed by atoms with van der Waals surface area (Å²) in [5.74, 6) is 0. The highest BCUT2D eigenvalue weighted by Crippen LogP contribution is 2.24. The maximum Gasteiger partial charge on any atom is 0.282 e. The number of nitrogens with zero attached hydrogens (tertiary/aromatic N) is 2. The molecule has 0 saturated heterocycles. The third kappa shape index (κ3) is 1.30. The molecule has 0 aromatic rings. The van der Waals surface area contributed by atoms with Crippen molar-refractivity contribution in [3.8, 4) is 0 Å². The first-order valence-electron chi connectivity index (χ1n) is 4.82. The van der Waals surface area contributed by atoms with Gasteiger partial charge in [0.05, 0.1) is 0 Å². The molecule has 2 atom stereocenters. The molecule has 13 heavy (non-hydrogen) atoms. The van der Waals surface area contributed by atoms with Crippen molar-refractivity contribution >= 4 is 11.9 Å². The Balaban J connectivity index is 2.31. The fraction of sp³-hybridized carbons (Fsp3) is 0.778. The maximum absolute atomic E-state index is 11.6. The first-order chi connectivity index (χ1) is 6.20. The van der Waals surface area contributed by atoms with E-state index in [-0.39, 0.29) is 12.1 Å². The minimum atomic E-state index is -0.0382. The largest absolute Gasteiger partial charge is 0.623 e. The van der Waals surface area contributed by atoms with Crippen LogP contribution in [0.3, 0.4) is 0 Å². The lowest BCUT2D eigenvalue weighted by Gasteiger charge is -2.27. The number of hydrogen-bond acceptors (Lipinski definition) is 2. The summed E-state index contributed by atoms with van der Waals surface area (Å²) in [7, 11) is 0. The lowest BCUT2D eigenvalue weighted by Crippen LogP contribution is -2.50. The molecule has 0 amide bonds. The highest BCUT2D eigenvalue weighted by atomic mass is 16.5. The van der Waals surface area contributed by atoms with Gasteiger partial charge in [0.15, 0.2) is 0 Å². The minimum Gasteiger partial charge on any atom is -0.623 e. The molecule has 4 nitrogen and oxygen atoms in total. The predicted molar refractivity (Wildman–Crippen MR) is 48.5 cm³/mol. The van der Waals surface area contributed by atoms with E-state index in [2.05, 4.69) is 0 Å². The van der Waals surface area contributed by atoms with Gasteiger partial charge in [-0.3, -0.25) is 5.21 Å². The molecule has 4 heteroatoms. The normalized spacial score (nSPS) is 34.1. The summed E-state index contributed by atoms with van der Waals surface area (Å²) >= 11 is 0. The van der Waals surface area contributed by atoms with Crippen molar-refractivity contribution in [2.45, 2.75) is 44.7 Å². The monoisotopic (exact) mass is 183 g/mol. The van der Waals surface area contributed by atoms with Crippen molar-refractivity contribution in [3.05, 3.63) is 5.21 Å². The molecule has 0 radical (unpaired) electrons. The van der Waals surface area contributed by atoms with Crippen LogP contribution in [0.15, 0.2) is 0 Å². The number of hydrogen-bond donors (Lipinski definition) is 1. The van der Waals surface area contributed by atoms with E-state index in [1.807, 2.05) is 0 Å². The van der Waals surface area contributed by atoms with Crippen LogP contribution in [0.4, 0.5) is 0 Å². The fourth-order valence-electron chi connectivity index (χ4n) is 2.28. The second kappa shape index (κ2) is 3.01. The number of fused-ring (bicyclic) bond motifs is 1. The Morgan fingerprint density at radius 2 is 2.00 bits per heavy atom. The Morgan fingerprint density at radius 1 is 1.38 bits per heavy atom. The van der Waals surface area contributed by atoms with Gasteiger partial charge in [-0.2, -0.15) is 4.74 Å². The summed E-state index contributed by atoms with van der Waals surface area (Å²) in [6.07, 6.45) is 5.56. The highest BCUT2D eigenvalue weighted by molar-refractivity contribution is 6.25. The molecule has 1 saturated carbocycles. The molecular formula is C9H15N2O2+. The van der Waals surface area contributed by atoms with Crippen molar-refractivity contribution < 1.29 is 14.7 Å². The molecule has 0 spiro atoms.